The van der Waals surface area contributed by atoms with Crippen LogP contribution < -0.4 is 5.32 Å². The summed E-state index contributed by atoms with van der Waals surface area (Å²) in [7, 11) is 0. The standard InChI is InChI=1S/C11H12BrCl2NO/c1-7(13)4-5-15-11(16)9-6-8(14)2-3-10(9)12/h2-3,6-7H,4-5H2,1H3,(H,15,16). The number of halogens is 3. The molecule has 1 amide bonds. The maximum absolute atomic E-state index is 11.8. The van der Waals surface area contributed by atoms with Crippen LogP contribution in [0.25, 0.3) is 0 Å². The molecule has 16 heavy (non-hydrogen) atoms. The van der Waals surface area contributed by atoms with Gasteiger partial charge in [-0.1, -0.05) is 11.6 Å². The number of hydrogen-bond donors (Lipinski definition) is 1. The van der Waals surface area contributed by atoms with Crippen LogP contribution in [0, 0.1) is 0 Å². The lowest BCUT2D eigenvalue weighted by Crippen LogP contribution is -2.26. The van der Waals surface area contributed by atoms with Gasteiger partial charge in [-0.15, -0.1) is 11.6 Å². The molecule has 0 radical (unpaired) electrons. The molecule has 0 aliphatic heterocycles. The fourth-order valence-corrected chi connectivity index (χ4v) is 1.86. The zero-order valence-electron chi connectivity index (χ0n) is 8.77. The van der Waals surface area contributed by atoms with Crippen LogP contribution >= 0.6 is 39.1 Å². The lowest BCUT2D eigenvalue weighted by Gasteiger charge is -2.08. The first-order valence-electron chi connectivity index (χ1n) is 4.88. The van der Waals surface area contributed by atoms with E-state index in [0.717, 1.165) is 10.9 Å². The predicted octanol–water partition coefficient (Wildman–Crippen LogP) is 3.85. The molecule has 0 saturated heterocycles. The van der Waals surface area contributed by atoms with E-state index >= 15 is 0 Å². The van der Waals surface area contributed by atoms with E-state index in [-0.39, 0.29) is 11.3 Å². The molecule has 88 valence electrons. The number of carbonyl (C=O) groups excluding carboxylic acids is 1. The van der Waals surface area contributed by atoms with Gasteiger partial charge in [0.05, 0.1) is 5.56 Å². The number of amides is 1. The Labute approximate surface area is 113 Å². The van der Waals surface area contributed by atoms with E-state index < -0.39 is 0 Å². The predicted molar refractivity (Wildman–Crippen MR) is 71.4 cm³/mol. The van der Waals surface area contributed by atoms with Crippen LogP contribution in [0.3, 0.4) is 0 Å². The highest BCUT2D eigenvalue weighted by Crippen LogP contribution is 2.20. The average Bonchev–Trinajstić information content (AvgIpc) is 2.21. The third-order valence-corrected chi connectivity index (χ3v) is 3.15. The normalized spacial score (nSPS) is 12.2. The summed E-state index contributed by atoms with van der Waals surface area (Å²) in [4.78, 5) is 11.8. The van der Waals surface area contributed by atoms with Crippen molar-refractivity contribution in [2.45, 2.75) is 18.7 Å². The first-order chi connectivity index (χ1) is 7.50. The van der Waals surface area contributed by atoms with Crippen molar-refractivity contribution in [3.8, 4) is 0 Å². The van der Waals surface area contributed by atoms with Crippen LogP contribution in [0.1, 0.15) is 23.7 Å². The summed E-state index contributed by atoms with van der Waals surface area (Å²) < 4.78 is 0.730. The minimum absolute atomic E-state index is 0.0584. The Morgan fingerprint density at radius 3 is 2.88 bits per heavy atom. The summed E-state index contributed by atoms with van der Waals surface area (Å²) in [6, 6.07) is 5.11. The van der Waals surface area contributed by atoms with E-state index in [1.165, 1.54) is 0 Å². The van der Waals surface area contributed by atoms with E-state index in [4.69, 9.17) is 23.2 Å². The van der Waals surface area contributed by atoms with Gasteiger partial charge in [0.2, 0.25) is 0 Å². The highest BCUT2D eigenvalue weighted by Gasteiger charge is 2.10. The molecule has 2 nitrogen and oxygen atoms in total. The minimum atomic E-state index is -0.147. The molecule has 1 aromatic rings. The summed E-state index contributed by atoms with van der Waals surface area (Å²) >= 11 is 14.9. The number of rotatable bonds is 4. The summed E-state index contributed by atoms with van der Waals surface area (Å²) in [5.41, 5.74) is 0.537. The van der Waals surface area contributed by atoms with Gasteiger partial charge in [-0.25, -0.2) is 0 Å². The van der Waals surface area contributed by atoms with Crippen molar-refractivity contribution in [1.29, 1.82) is 0 Å². The molecule has 0 aliphatic rings. The molecule has 1 N–H and O–H groups in total. The fourth-order valence-electron chi connectivity index (χ4n) is 1.15. The number of hydrogen-bond acceptors (Lipinski definition) is 1. The Hall–Kier alpha value is -0.250. The van der Waals surface area contributed by atoms with E-state index in [1.807, 2.05) is 6.92 Å². The molecule has 1 rings (SSSR count). The highest BCUT2D eigenvalue weighted by atomic mass is 79.9. The molecule has 0 aliphatic carbocycles. The largest absolute Gasteiger partial charge is 0.352 e. The molecule has 1 aromatic carbocycles. The van der Waals surface area contributed by atoms with E-state index in [2.05, 4.69) is 21.2 Å². The lowest BCUT2D eigenvalue weighted by molar-refractivity contribution is 0.0952. The van der Waals surface area contributed by atoms with Gasteiger partial charge in [0.1, 0.15) is 0 Å². The van der Waals surface area contributed by atoms with Crippen LogP contribution in [0.5, 0.6) is 0 Å². The maximum atomic E-state index is 11.8. The molecule has 0 saturated carbocycles. The molecule has 1 atom stereocenters. The monoisotopic (exact) mass is 323 g/mol. The second-order valence-corrected chi connectivity index (χ2v) is 5.49. The lowest BCUT2D eigenvalue weighted by atomic mass is 10.2. The number of nitrogens with one attached hydrogen (secondary N) is 1. The first kappa shape index (κ1) is 13.8. The van der Waals surface area contributed by atoms with Crippen molar-refractivity contribution in [2.75, 3.05) is 6.54 Å². The van der Waals surface area contributed by atoms with Crippen LogP contribution in [0.2, 0.25) is 5.02 Å². The Kier molecular flexibility index (Phi) is 5.59. The molecule has 0 fully saturated rings. The van der Waals surface area contributed by atoms with Crippen LogP contribution in [0.15, 0.2) is 22.7 Å². The van der Waals surface area contributed by atoms with Gasteiger partial charge >= 0.3 is 0 Å². The van der Waals surface area contributed by atoms with Gasteiger partial charge < -0.3 is 5.32 Å². The molecular formula is C11H12BrCl2NO. The minimum Gasteiger partial charge on any atom is -0.352 e. The second kappa shape index (κ2) is 6.48. The van der Waals surface area contributed by atoms with E-state index in [0.29, 0.717) is 17.1 Å². The Morgan fingerprint density at radius 2 is 2.25 bits per heavy atom. The number of carbonyl (C=O) groups is 1. The van der Waals surface area contributed by atoms with Gasteiger partial charge in [-0.2, -0.15) is 0 Å². The topological polar surface area (TPSA) is 29.1 Å². The van der Waals surface area contributed by atoms with Gasteiger partial charge in [0, 0.05) is 21.4 Å². The van der Waals surface area contributed by atoms with Crippen molar-refractivity contribution in [2.24, 2.45) is 0 Å². The van der Waals surface area contributed by atoms with Crippen molar-refractivity contribution >= 4 is 45.0 Å². The fraction of sp³-hybridized carbons (Fsp3) is 0.364. The smallest absolute Gasteiger partial charge is 0.252 e. The summed E-state index contributed by atoms with van der Waals surface area (Å²) in [5.74, 6) is -0.147. The molecule has 0 aromatic heterocycles. The third kappa shape index (κ3) is 4.32. The Balaban J connectivity index is 2.62. The van der Waals surface area contributed by atoms with Gasteiger partial charge in [-0.05, 0) is 47.5 Å². The second-order valence-electron chi connectivity index (χ2n) is 3.45. The highest BCUT2D eigenvalue weighted by molar-refractivity contribution is 9.10. The zero-order chi connectivity index (χ0) is 12.1. The summed E-state index contributed by atoms with van der Waals surface area (Å²) in [6.07, 6.45) is 0.742. The number of alkyl halides is 1. The van der Waals surface area contributed by atoms with Gasteiger partial charge in [0.25, 0.3) is 5.91 Å². The molecular weight excluding hydrogens is 313 g/mol. The molecule has 5 heteroatoms. The molecule has 0 bridgehead atoms. The van der Waals surface area contributed by atoms with Gasteiger partial charge in [-0.3, -0.25) is 4.79 Å². The quantitative estimate of drug-likeness (QED) is 0.837. The Morgan fingerprint density at radius 1 is 1.56 bits per heavy atom. The molecule has 1 unspecified atom stereocenters. The van der Waals surface area contributed by atoms with Gasteiger partial charge in [0.15, 0.2) is 0 Å². The third-order valence-electron chi connectivity index (χ3n) is 2.00. The van der Waals surface area contributed by atoms with Crippen molar-refractivity contribution < 1.29 is 4.79 Å². The van der Waals surface area contributed by atoms with Crippen LogP contribution in [0.4, 0.5) is 0 Å². The SMILES string of the molecule is CC(Cl)CCNC(=O)c1cc(Cl)ccc1Br. The van der Waals surface area contributed by atoms with Crippen LogP contribution in [-0.2, 0) is 0 Å². The van der Waals surface area contributed by atoms with E-state index in [1.54, 1.807) is 18.2 Å². The van der Waals surface area contributed by atoms with E-state index in [9.17, 15) is 4.79 Å². The Bertz CT molecular complexity index is 382. The molecule has 0 heterocycles. The van der Waals surface area contributed by atoms with Crippen molar-refractivity contribution in [3.05, 3.63) is 33.3 Å². The zero-order valence-corrected chi connectivity index (χ0v) is 11.9. The summed E-state index contributed by atoms with van der Waals surface area (Å²) in [6.45, 7) is 2.45. The first-order valence-corrected chi connectivity index (χ1v) is 6.48. The average molecular weight is 325 g/mol. The number of benzene rings is 1. The van der Waals surface area contributed by atoms with Crippen molar-refractivity contribution in [3.63, 3.8) is 0 Å². The van der Waals surface area contributed by atoms with Crippen molar-refractivity contribution in [1.82, 2.24) is 5.32 Å². The molecule has 0 spiro atoms. The summed E-state index contributed by atoms with van der Waals surface area (Å²) in [5, 5.41) is 3.39. The van der Waals surface area contributed by atoms with Crippen LogP contribution in [-0.4, -0.2) is 17.8 Å². The maximum Gasteiger partial charge on any atom is 0.252 e.